The van der Waals surface area contributed by atoms with Crippen LogP contribution >= 0.6 is 0 Å². The second-order valence-electron chi connectivity index (χ2n) is 6.81. The number of ether oxygens (including phenoxy) is 3. The molecule has 0 bridgehead atoms. The van der Waals surface area contributed by atoms with Gasteiger partial charge in [0.05, 0.1) is 6.61 Å². The average Bonchev–Trinajstić information content (AvgIpc) is 2.68. The molecule has 2 aliphatic rings. The predicted molar refractivity (Wildman–Crippen MR) is 97.2 cm³/mol. The number of nitrogens with one attached hydrogen (secondary N) is 1. The first-order valence-electron chi connectivity index (χ1n) is 9.14. The zero-order valence-corrected chi connectivity index (χ0v) is 14.4. The molecule has 1 N–H and O–H groups in total. The molecule has 0 amide bonds. The fraction of sp³-hybridized carbons (Fsp3) is 0.429. The van der Waals surface area contributed by atoms with Gasteiger partial charge in [-0.1, -0.05) is 36.4 Å². The second-order valence-corrected chi connectivity index (χ2v) is 6.81. The van der Waals surface area contributed by atoms with E-state index in [0.29, 0.717) is 12.6 Å². The Morgan fingerprint density at radius 1 is 0.920 bits per heavy atom. The third-order valence-electron chi connectivity index (χ3n) is 4.81. The van der Waals surface area contributed by atoms with Crippen LogP contribution in [0.1, 0.15) is 24.0 Å². The molecule has 0 aromatic heterocycles. The van der Waals surface area contributed by atoms with Crippen molar-refractivity contribution in [1.82, 2.24) is 5.32 Å². The van der Waals surface area contributed by atoms with Crippen molar-refractivity contribution in [3.8, 4) is 11.5 Å². The van der Waals surface area contributed by atoms with Crippen molar-refractivity contribution in [2.45, 2.75) is 38.0 Å². The second kappa shape index (κ2) is 7.89. The number of hydrogen-bond acceptors (Lipinski definition) is 4. The maximum atomic E-state index is 6.04. The van der Waals surface area contributed by atoms with Crippen LogP contribution in [0.15, 0.2) is 48.5 Å². The molecule has 4 nitrogen and oxygen atoms in total. The van der Waals surface area contributed by atoms with Crippen LogP contribution in [0.5, 0.6) is 11.5 Å². The van der Waals surface area contributed by atoms with Gasteiger partial charge in [-0.15, -0.1) is 0 Å². The zero-order chi connectivity index (χ0) is 16.9. The lowest BCUT2D eigenvalue weighted by atomic mass is 10.0. The van der Waals surface area contributed by atoms with Gasteiger partial charge in [-0.2, -0.15) is 0 Å². The van der Waals surface area contributed by atoms with E-state index in [1.165, 1.54) is 17.5 Å². The van der Waals surface area contributed by atoms with Crippen molar-refractivity contribution in [3.63, 3.8) is 0 Å². The van der Waals surface area contributed by atoms with E-state index in [9.17, 15) is 0 Å². The van der Waals surface area contributed by atoms with Crippen molar-refractivity contribution in [1.29, 1.82) is 0 Å². The molecule has 25 heavy (non-hydrogen) atoms. The normalized spacial score (nSPS) is 22.6. The van der Waals surface area contributed by atoms with Crippen LogP contribution in [-0.2, 0) is 17.7 Å². The van der Waals surface area contributed by atoms with E-state index in [1.54, 1.807) is 0 Å². The Kier molecular flexibility index (Phi) is 5.19. The van der Waals surface area contributed by atoms with Gasteiger partial charge in [-0.05, 0) is 36.1 Å². The standard InChI is InChI=1S/C21H25NO3/c1-2-6-21-20(5-1)24-15-19(25-21)12-16-7-9-17(10-8-16)13-22-18-4-3-11-23-14-18/h1-2,5-10,18-19,22H,3-4,11-15H2. The monoisotopic (exact) mass is 339 g/mol. The summed E-state index contributed by atoms with van der Waals surface area (Å²) in [4.78, 5) is 0. The number of para-hydroxylation sites is 2. The van der Waals surface area contributed by atoms with E-state index >= 15 is 0 Å². The van der Waals surface area contributed by atoms with Gasteiger partial charge in [0, 0.05) is 25.6 Å². The van der Waals surface area contributed by atoms with Crippen molar-refractivity contribution in [2.75, 3.05) is 19.8 Å². The van der Waals surface area contributed by atoms with Crippen molar-refractivity contribution < 1.29 is 14.2 Å². The number of fused-ring (bicyclic) bond motifs is 1. The summed E-state index contributed by atoms with van der Waals surface area (Å²) in [6.07, 6.45) is 3.29. The summed E-state index contributed by atoms with van der Waals surface area (Å²) in [6.45, 7) is 3.23. The van der Waals surface area contributed by atoms with Crippen molar-refractivity contribution >= 4 is 0 Å². The molecule has 4 heteroatoms. The maximum absolute atomic E-state index is 6.04. The topological polar surface area (TPSA) is 39.7 Å². The predicted octanol–water partition coefficient (Wildman–Crippen LogP) is 3.34. The van der Waals surface area contributed by atoms with Crippen LogP contribution in [0.3, 0.4) is 0 Å². The van der Waals surface area contributed by atoms with Gasteiger partial charge >= 0.3 is 0 Å². The number of benzene rings is 2. The van der Waals surface area contributed by atoms with Gasteiger partial charge < -0.3 is 19.5 Å². The lowest BCUT2D eigenvalue weighted by Crippen LogP contribution is -2.36. The van der Waals surface area contributed by atoms with E-state index in [0.717, 1.165) is 44.1 Å². The molecule has 1 saturated heterocycles. The first-order chi connectivity index (χ1) is 12.4. The molecule has 2 aliphatic heterocycles. The van der Waals surface area contributed by atoms with Crippen LogP contribution in [0.2, 0.25) is 0 Å². The quantitative estimate of drug-likeness (QED) is 0.907. The van der Waals surface area contributed by atoms with E-state index in [2.05, 4.69) is 29.6 Å². The number of hydrogen-bond donors (Lipinski definition) is 1. The summed E-state index contributed by atoms with van der Waals surface area (Å²) >= 11 is 0. The summed E-state index contributed by atoms with van der Waals surface area (Å²) in [5.74, 6) is 1.68. The molecule has 2 aromatic carbocycles. The molecule has 4 rings (SSSR count). The Balaban J connectivity index is 1.29. The van der Waals surface area contributed by atoms with Gasteiger partial charge in [-0.25, -0.2) is 0 Å². The minimum Gasteiger partial charge on any atom is -0.486 e. The van der Waals surface area contributed by atoms with Crippen LogP contribution in [-0.4, -0.2) is 32.0 Å². The molecule has 2 unspecified atom stereocenters. The van der Waals surface area contributed by atoms with Crippen LogP contribution in [0.25, 0.3) is 0 Å². The Labute approximate surface area is 149 Å². The summed E-state index contributed by atoms with van der Waals surface area (Å²) in [5.41, 5.74) is 2.58. The van der Waals surface area contributed by atoms with E-state index in [4.69, 9.17) is 14.2 Å². The summed E-state index contributed by atoms with van der Waals surface area (Å²) in [6, 6.07) is 17.1. The van der Waals surface area contributed by atoms with Gasteiger partial charge in [-0.3, -0.25) is 0 Å². The maximum Gasteiger partial charge on any atom is 0.161 e. The van der Waals surface area contributed by atoms with E-state index in [1.807, 2.05) is 24.3 Å². The van der Waals surface area contributed by atoms with Crippen molar-refractivity contribution in [2.24, 2.45) is 0 Å². The highest BCUT2D eigenvalue weighted by Crippen LogP contribution is 2.31. The SMILES string of the molecule is c1ccc2c(c1)OCC(Cc1ccc(CNC3CCCOC3)cc1)O2. The largest absolute Gasteiger partial charge is 0.486 e. The van der Waals surface area contributed by atoms with Crippen LogP contribution in [0.4, 0.5) is 0 Å². The fourth-order valence-corrected chi connectivity index (χ4v) is 3.38. The molecule has 0 saturated carbocycles. The van der Waals surface area contributed by atoms with Gasteiger partial charge in [0.2, 0.25) is 0 Å². The molecule has 2 atom stereocenters. The first kappa shape index (κ1) is 16.4. The lowest BCUT2D eigenvalue weighted by molar-refractivity contribution is 0.0699. The van der Waals surface area contributed by atoms with Gasteiger partial charge in [0.25, 0.3) is 0 Å². The molecule has 0 radical (unpaired) electrons. The Hall–Kier alpha value is -2.04. The van der Waals surface area contributed by atoms with Gasteiger partial charge in [0.1, 0.15) is 12.7 Å². The Bertz CT molecular complexity index is 680. The lowest BCUT2D eigenvalue weighted by Gasteiger charge is -2.26. The summed E-state index contributed by atoms with van der Waals surface area (Å²) in [7, 11) is 0. The summed E-state index contributed by atoms with van der Waals surface area (Å²) in [5, 5.41) is 3.58. The molecule has 2 heterocycles. The minimum absolute atomic E-state index is 0.0678. The Morgan fingerprint density at radius 2 is 1.72 bits per heavy atom. The molecule has 0 aliphatic carbocycles. The molecule has 2 aromatic rings. The number of rotatable bonds is 5. The van der Waals surface area contributed by atoms with Crippen LogP contribution < -0.4 is 14.8 Å². The molecule has 1 fully saturated rings. The average molecular weight is 339 g/mol. The first-order valence-corrected chi connectivity index (χ1v) is 9.14. The highest BCUT2D eigenvalue weighted by Gasteiger charge is 2.20. The van der Waals surface area contributed by atoms with Crippen molar-refractivity contribution in [3.05, 3.63) is 59.7 Å². The molecule has 0 spiro atoms. The summed E-state index contributed by atoms with van der Waals surface area (Å²) < 4.78 is 17.3. The third-order valence-corrected chi connectivity index (χ3v) is 4.81. The van der Waals surface area contributed by atoms with E-state index in [-0.39, 0.29) is 6.10 Å². The van der Waals surface area contributed by atoms with Gasteiger partial charge in [0.15, 0.2) is 11.5 Å². The van der Waals surface area contributed by atoms with E-state index < -0.39 is 0 Å². The molecular weight excluding hydrogens is 314 g/mol. The Morgan fingerprint density at radius 3 is 2.52 bits per heavy atom. The third kappa shape index (κ3) is 4.33. The zero-order valence-electron chi connectivity index (χ0n) is 14.4. The smallest absolute Gasteiger partial charge is 0.161 e. The fourth-order valence-electron chi connectivity index (χ4n) is 3.38. The highest BCUT2D eigenvalue weighted by atomic mass is 16.6. The molecular formula is C21H25NO3. The minimum atomic E-state index is 0.0678. The molecule has 132 valence electrons. The highest BCUT2D eigenvalue weighted by molar-refractivity contribution is 5.40. The van der Waals surface area contributed by atoms with Crippen LogP contribution in [0, 0.1) is 0 Å².